The third-order valence-corrected chi connectivity index (χ3v) is 1.64. The molecule has 0 aliphatic heterocycles. The van der Waals surface area contributed by atoms with E-state index in [1.54, 1.807) is 13.0 Å². The number of hydrogen-bond acceptors (Lipinski definition) is 4. The van der Waals surface area contributed by atoms with Crippen molar-refractivity contribution in [2.75, 3.05) is 11.9 Å². The molecule has 0 radical (unpaired) electrons. The summed E-state index contributed by atoms with van der Waals surface area (Å²) < 4.78 is 4.65. The maximum Gasteiger partial charge on any atom is 0.413 e. The van der Waals surface area contributed by atoms with Crippen LogP contribution < -0.4 is 10.6 Å². The number of rotatable bonds is 2. The average molecular weight is 228 g/mol. The number of aromatic nitrogens is 2. The van der Waals surface area contributed by atoms with Crippen molar-refractivity contribution >= 4 is 29.2 Å². The lowest BCUT2D eigenvalue weighted by Gasteiger charge is -2.06. The Morgan fingerprint density at radius 2 is 2.47 bits per heavy atom. The Hall–Kier alpha value is -1.63. The Kier molecular flexibility index (Phi) is 4.04. The predicted molar refractivity (Wildman–Crippen MR) is 59.7 cm³/mol. The molecule has 1 heterocycles. The first-order valence-electron chi connectivity index (χ1n) is 4.38. The molecule has 1 aromatic heterocycles. The molecule has 82 valence electrons. The number of anilines is 1. The van der Waals surface area contributed by atoms with Crippen LogP contribution in [0.4, 0.5) is 10.6 Å². The SMILES string of the molecule is CCOC(=O)NC(=S)Nc1cc(C)[nH]n1. The van der Waals surface area contributed by atoms with Crippen LogP contribution in [-0.4, -0.2) is 28.0 Å². The molecule has 0 atom stereocenters. The zero-order chi connectivity index (χ0) is 11.3. The lowest BCUT2D eigenvalue weighted by atomic mass is 10.5. The molecule has 0 aromatic carbocycles. The maximum atomic E-state index is 11.0. The first-order chi connectivity index (χ1) is 7.11. The minimum Gasteiger partial charge on any atom is -0.450 e. The average Bonchev–Trinajstić information content (AvgIpc) is 2.51. The van der Waals surface area contributed by atoms with Crippen LogP contribution in [0.3, 0.4) is 0 Å². The first kappa shape index (κ1) is 11.4. The van der Waals surface area contributed by atoms with Crippen LogP contribution in [0.15, 0.2) is 6.07 Å². The van der Waals surface area contributed by atoms with Crippen molar-refractivity contribution in [2.24, 2.45) is 0 Å². The minimum atomic E-state index is -0.581. The number of amides is 1. The highest BCUT2D eigenvalue weighted by Gasteiger charge is 2.05. The monoisotopic (exact) mass is 228 g/mol. The second kappa shape index (κ2) is 5.30. The quantitative estimate of drug-likeness (QED) is 0.662. The van der Waals surface area contributed by atoms with Crippen molar-refractivity contribution in [1.82, 2.24) is 15.5 Å². The number of thiocarbonyl (C=S) groups is 1. The molecule has 0 saturated heterocycles. The van der Waals surface area contributed by atoms with Crippen LogP contribution in [0.1, 0.15) is 12.6 Å². The molecule has 1 aromatic rings. The van der Waals surface area contributed by atoms with Gasteiger partial charge in [-0.05, 0) is 26.1 Å². The summed E-state index contributed by atoms with van der Waals surface area (Å²) in [6.07, 6.45) is -0.581. The molecule has 3 N–H and O–H groups in total. The zero-order valence-corrected chi connectivity index (χ0v) is 9.27. The Morgan fingerprint density at radius 1 is 1.73 bits per heavy atom. The van der Waals surface area contributed by atoms with Crippen LogP contribution in [-0.2, 0) is 4.74 Å². The van der Waals surface area contributed by atoms with Gasteiger partial charge < -0.3 is 10.1 Å². The fraction of sp³-hybridized carbons (Fsp3) is 0.375. The van der Waals surface area contributed by atoms with E-state index in [1.807, 2.05) is 6.92 Å². The molecular weight excluding hydrogens is 216 g/mol. The summed E-state index contributed by atoms with van der Waals surface area (Å²) in [5.41, 5.74) is 0.899. The van der Waals surface area contributed by atoms with Gasteiger partial charge in [-0.25, -0.2) is 4.79 Å². The van der Waals surface area contributed by atoms with Crippen LogP contribution in [0.2, 0.25) is 0 Å². The Labute approximate surface area is 92.4 Å². The number of aromatic amines is 1. The molecule has 7 heteroatoms. The number of aryl methyl sites for hydroxylation is 1. The molecule has 6 nitrogen and oxygen atoms in total. The Balaban J connectivity index is 2.39. The van der Waals surface area contributed by atoms with Gasteiger partial charge in [0.05, 0.1) is 6.61 Å². The minimum absolute atomic E-state index is 0.153. The second-order valence-electron chi connectivity index (χ2n) is 2.74. The molecule has 0 unspecified atom stereocenters. The van der Waals surface area contributed by atoms with E-state index in [0.29, 0.717) is 12.4 Å². The van der Waals surface area contributed by atoms with E-state index in [9.17, 15) is 4.79 Å². The number of carbonyl (C=O) groups is 1. The van der Waals surface area contributed by atoms with Gasteiger partial charge >= 0.3 is 6.09 Å². The van der Waals surface area contributed by atoms with E-state index >= 15 is 0 Å². The van der Waals surface area contributed by atoms with Gasteiger partial charge in [0.25, 0.3) is 0 Å². The Bertz CT molecular complexity index is 363. The molecule has 0 aliphatic rings. The van der Waals surface area contributed by atoms with E-state index in [1.165, 1.54) is 0 Å². The summed E-state index contributed by atoms with van der Waals surface area (Å²) in [6, 6.07) is 1.76. The summed E-state index contributed by atoms with van der Waals surface area (Å²) in [4.78, 5) is 11.0. The summed E-state index contributed by atoms with van der Waals surface area (Å²) in [5, 5.41) is 11.9. The molecule has 0 bridgehead atoms. The molecule has 0 aliphatic carbocycles. The van der Waals surface area contributed by atoms with Crippen molar-refractivity contribution in [1.29, 1.82) is 0 Å². The van der Waals surface area contributed by atoms with E-state index in [4.69, 9.17) is 12.2 Å². The predicted octanol–water partition coefficient (Wildman–Crippen LogP) is 1.16. The van der Waals surface area contributed by atoms with Crippen LogP contribution in [0, 0.1) is 6.92 Å². The van der Waals surface area contributed by atoms with Crippen molar-refractivity contribution < 1.29 is 9.53 Å². The highest BCUT2D eigenvalue weighted by molar-refractivity contribution is 7.80. The highest BCUT2D eigenvalue weighted by Crippen LogP contribution is 2.02. The van der Waals surface area contributed by atoms with Gasteiger partial charge in [-0.3, -0.25) is 10.4 Å². The van der Waals surface area contributed by atoms with Gasteiger partial charge in [0.15, 0.2) is 10.9 Å². The lowest BCUT2D eigenvalue weighted by molar-refractivity contribution is 0.158. The van der Waals surface area contributed by atoms with Crippen molar-refractivity contribution in [3.05, 3.63) is 11.8 Å². The fourth-order valence-corrected chi connectivity index (χ4v) is 1.08. The zero-order valence-electron chi connectivity index (χ0n) is 8.46. The standard InChI is InChI=1S/C8H12N4O2S/c1-3-14-8(13)10-7(15)9-6-4-5(2)11-12-6/h4H,3H2,1-2H3,(H3,9,10,11,12,13,15). The van der Waals surface area contributed by atoms with Gasteiger partial charge in [0.1, 0.15) is 0 Å². The molecule has 0 saturated carbocycles. The summed E-state index contributed by atoms with van der Waals surface area (Å²) >= 11 is 4.86. The molecule has 0 fully saturated rings. The van der Waals surface area contributed by atoms with Gasteiger partial charge in [-0.1, -0.05) is 0 Å². The Morgan fingerprint density at radius 3 is 3.00 bits per heavy atom. The van der Waals surface area contributed by atoms with Crippen LogP contribution in [0.5, 0.6) is 0 Å². The third-order valence-electron chi connectivity index (χ3n) is 1.44. The van der Waals surface area contributed by atoms with Gasteiger partial charge in [0, 0.05) is 11.8 Å². The van der Waals surface area contributed by atoms with Gasteiger partial charge in [-0.2, -0.15) is 5.10 Å². The molecule has 1 amide bonds. The summed E-state index contributed by atoms with van der Waals surface area (Å²) in [7, 11) is 0. The summed E-state index contributed by atoms with van der Waals surface area (Å²) in [6.45, 7) is 3.88. The maximum absolute atomic E-state index is 11.0. The summed E-state index contributed by atoms with van der Waals surface area (Å²) in [5.74, 6) is 0.550. The molecular formula is C8H12N4O2S. The van der Waals surface area contributed by atoms with Crippen molar-refractivity contribution in [3.8, 4) is 0 Å². The van der Waals surface area contributed by atoms with E-state index in [0.717, 1.165) is 5.69 Å². The van der Waals surface area contributed by atoms with E-state index < -0.39 is 6.09 Å². The molecule has 15 heavy (non-hydrogen) atoms. The topological polar surface area (TPSA) is 79.0 Å². The fourth-order valence-electron chi connectivity index (χ4n) is 0.890. The number of alkyl carbamates (subject to hydrolysis) is 1. The smallest absolute Gasteiger partial charge is 0.413 e. The number of nitrogens with zero attached hydrogens (tertiary/aromatic N) is 1. The number of nitrogens with one attached hydrogen (secondary N) is 3. The molecule has 1 rings (SSSR count). The number of carbonyl (C=O) groups excluding carboxylic acids is 1. The van der Waals surface area contributed by atoms with E-state index in [-0.39, 0.29) is 5.11 Å². The third kappa shape index (κ3) is 3.94. The molecule has 0 spiro atoms. The first-order valence-corrected chi connectivity index (χ1v) is 4.79. The van der Waals surface area contributed by atoms with E-state index in [2.05, 4.69) is 25.6 Å². The lowest BCUT2D eigenvalue weighted by Crippen LogP contribution is -2.34. The number of hydrogen-bond donors (Lipinski definition) is 3. The van der Waals surface area contributed by atoms with Crippen LogP contribution >= 0.6 is 12.2 Å². The number of H-pyrrole nitrogens is 1. The van der Waals surface area contributed by atoms with Gasteiger partial charge in [0.2, 0.25) is 0 Å². The highest BCUT2D eigenvalue weighted by atomic mass is 32.1. The van der Waals surface area contributed by atoms with Gasteiger partial charge in [-0.15, -0.1) is 0 Å². The van der Waals surface area contributed by atoms with Crippen molar-refractivity contribution in [3.63, 3.8) is 0 Å². The van der Waals surface area contributed by atoms with Crippen LogP contribution in [0.25, 0.3) is 0 Å². The normalized spacial score (nSPS) is 9.47. The number of ether oxygens (including phenoxy) is 1. The largest absolute Gasteiger partial charge is 0.450 e. The van der Waals surface area contributed by atoms with Crippen molar-refractivity contribution in [2.45, 2.75) is 13.8 Å². The second-order valence-corrected chi connectivity index (χ2v) is 3.14.